The highest BCUT2D eigenvalue weighted by atomic mass is 16.5. The van der Waals surface area contributed by atoms with Gasteiger partial charge >= 0.3 is 0 Å². The van der Waals surface area contributed by atoms with E-state index in [0.29, 0.717) is 5.82 Å². The van der Waals surface area contributed by atoms with Gasteiger partial charge < -0.3 is 10.5 Å². The number of imidazole rings is 1. The van der Waals surface area contributed by atoms with Crippen molar-refractivity contribution in [3.05, 3.63) is 24.0 Å². The van der Waals surface area contributed by atoms with E-state index in [9.17, 15) is 0 Å². The highest BCUT2D eigenvalue weighted by Crippen LogP contribution is 2.22. The third-order valence-electron chi connectivity index (χ3n) is 2.32. The Kier molecular flexibility index (Phi) is 2.04. The molecule has 2 aromatic rings. The second-order valence-corrected chi connectivity index (χ2v) is 3.13. The van der Waals surface area contributed by atoms with Crippen LogP contribution >= 0.6 is 0 Å². The van der Waals surface area contributed by atoms with Gasteiger partial charge in [-0.1, -0.05) is 6.92 Å². The first-order chi connectivity index (χ1) is 6.76. The standard InChI is InChI=1S/C10H13N3O/c1-3-7-6-13-9(11)5-12-10(13)4-8(7)14-2/h4-6H,3,11H2,1-2H3. The van der Waals surface area contributed by atoms with Gasteiger partial charge in [0.15, 0.2) is 0 Å². The molecule has 74 valence electrons. The molecule has 0 fully saturated rings. The predicted molar refractivity (Wildman–Crippen MR) is 55.5 cm³/mol. The van der Waals surface area contributed by atoms with Crippen molar-refractivity contribution >= 4 is 11.5 Å². The molecule has 0 saturated heterocycles. The molecule has 2 heterocycles. The minimum absolute atomic E-state index is 0.650. The van der Waals surface area contributed by atoms with E-state index in [1.807, 2.05) is 16.7 Å². The van der Waals surface area contributed by atoms with E-state index in [1.165, 1.54) is 0 Å². The minimum atomic E-state index is 0.650. The maximum Gasteiger partial charge on any atom is 0.142 e. The fourth-order valence-corrected chi connectivity index (χ4v) is 1.52. The normalized spacial score (nSPS) is 10.7. The zero-order chi connectivity index (χ0) is 10.1. The molecule has 2 rings (SSSR count). The van der Waals surface area contributed by atoms with Crippen LogP contribution in [-0.2, 0) is 6.42 Å². The lowest BCUT2D eigenvalue weighted by molar-refractivity contribution is 0.410. The summed E-state index contributed by atoms with van der Waals surface area (Å²) < 4.78 is 7.12. The molecule has 0 aromatic carbocycles. The molecule has 2 aromatic heterocycles. The number of aromatic nitrogens is 2. The van der Waals surface area contributed by atoms with Gasteiger partial charge in [0.25, 0.3) is 0 Å². The van der Waals surface area contributed by atoms with Gasteiger partial charge in [-0.2, -0.15) is 0 Å². The lowest BCUT2D eigenvalue weighted by Gasteiger charge is -2.07. The number of nitrogens with two attached hydrogens (primary N) is 1. The van der Waals surface area contributed by atoms with Crippen molar-refractivity contribution in [2.24, 2.45) is 0 Å². The summed E-state index contributed by atoms with van der Waals surface area (Å²) in [5.74, 6) is 1.52. The Balaban J connectivity index is 2.71. The third-order valence-corrected chi connectivity index (χ3v) is 2.32. The summed E-state index contributed by atoms with van der Waals surface area (Å²) in [6.07, 6.45) is 4.53. The number of hydrogen-bond donors (Lipinski definition) is 1. The Labute approximate surface area is 82.3 Å². The number of rotatable bonds is 2. The van der Waals surface area contributed by atoms with E-state index < -0.39 is 0 Å². The zero-order valence-electron chi connectivity index (χ0n) is 8.32. The average molecular weight is 191 g/mol. The van der Waals surface area contributed by atoms with E-state index >= 15 is 0 Å². The van der Waals surface area contributed by atoms with E-state index in [2.05, 4.69) is 11.9 Å². The predicted octanol–water partition coefficient (Wildman–Crippen LogP) is 1.49. The molecule has 0 aliphatic rings. The van der Waals surface area contributed by atoms with Crippen molar-refractivity contribution in [3.8, 4) is 5.75 Å². The number of hydrogen-bond acceptors (Lipinski definition) is 3. The molecule has 0 spiro atoms. The van der Waals surface area contributed by atoms with Crippen LogP contribution in [0.15, 0.2) is 18.5 Å². The number of fused-ring (bicyclic) bond motifs is 1. The molecular formula is C10H13N3O. The Morgan fingerprint density at radius 3 is 3.00 bits per heavy atom. The van der Waals surface area contributed by atoms with Crippen molar-refractivity contribution in [2.45, 2.75) is 13.3 Å². The van der Waals surface area contributed by atoms with Crippen molar-refractivity contribution in [3.63, 3.8) is 0 Å². The van der Waals surface area contributed by atoms with Crippen LogP contribution in [0.3, 0.4) is 0 Å². The number of pyridine rings is 1. The van der Waals surface area contributed by atoms with E-state index in [1.54, 1.807) is 13.3 Å². The maximum atomic E-state index is 5.75. The molecule has 4 heteroatoms. The van der Waals surface area contributed by atoms with Crippen LogP contribution in [0, 0.1) is 0 Å². The summed E-state index contributed by atoms with van der Waals surface area (Å²) >= 11 is 0. The second kappa shape index (κ2) is 3.21. The Bertz CT molecular complexity index is 462. The van der Waals surface area contributed by atoms with Gasteiger partial charge in [0.05, 0.1) is 13.3 Å². The first-order valence-electron chi connectivity index (χ1n) is 4.55. The van der Waals surface area contributed by atoms with Crippen molar-refractivity contribution in [1.29, 1.82) is 0 Å². The SMILES string of the molecule is CCc1cn2c(N)cnc2cc1OC. The molecule has 0 aliphatic carbocycles. The maximum absolute atomic E-state index is 5.75. The Morgan fingerprint density at radius 1 is 1.57 bits per heavy atom. The molecule has 4 nitrogen and oxygen atoms in total. The van der Waals surface area contributed by atoms with Crippen molar-refractivity contribution < 1.29 is 4.74 Å². The fraction of sp³-hybridized carbons (Fsp3) is 0.300. The number of methoxy groups -OCH3 is 1. The lowest BCUT2D eigenvalue weighted by atomic mass is 10.2. The smallest absolute Gasteiger partial charge is 0.142 e. The molecule has 0 atom stereocenters. The number of ether oxygens (including phenoxy) is 1. The monoisotopic (exact) mass is 191 g/mol. The topological polar surface area (TPSA) is 52.5 Å². The molecular weight excluding hydrogens is 178 g/mol. The lowest BCUT2D eigenvalue weighted by Crippen LogP contribution is -1.97. The quantitative estimate of drug-likeness (QED) is 0.782. The molecule has 0 amide bonds. The second-order valence-electron chi connectivity index (χ2n) is 3.13. The third kappa shape index (κ3) is 1.19. The van der Waals surface area contributed by atoms with Crippen LogP contribution in [0.5, 0.6) is 5.75 Å². The highest BCUT2D eigenvalue weighted by Gasteiger charge is 2.06. The van der Waals surface area contributed by atoms with Gasteiger partial charge in [0, 0.05) is 17.8 Å². The van der Waals surface area contributed by atoms with Gasteiger partial charge in [0.2, 0.25) is 0 Å². The molecule has 0 aliphatic heterocycles. The molecule has 0 saturated carbocycles. The highest BCUT2D eigenvalue weighted by molar-refractivity contribution is 5.53. The summed E-state index contributed by atoms with van der Waals surface area (Å²) in [5.41, 5.74) is 7.70. The van der Waals surface area contributed by atoms with Crippen molar-refractivity contribution in [1.82, 2.24) is 9.38 Å². The van der Waals surface area contributed by atoms with Gasteiger partial charge in [-0.15, -0.1) is 0 Å². The van der Waals surface area contributed by atoms with E-state index in [0.717, 1.165) is 23.4 Å². The van der Waals surface area contributed by atoms with Crippen LogP contribution in [0.2, 0.25) is 0 Å². The summed E-state index contributed by atoms with van der Waals surface area (Å²) in [7, 11) is 1.66. The molecule has 0 unspecified atom stereocenters. The molecule has 0 bridgehead atoms. The first kappa shape index (κ1) is 8.87. The Hall–Kier alpha value is -1.71. The zero-order valence-corrected chi connectivity index (χ0v) is 8.32. The van der Waals surface area contributed by atoms with Crippen LogP contribution in [0.4, 0.5) is 5.82 Å². The summed E-state index contributed by atoms with van der Waals surface area (Å²) in [4.78, 5) is 4.16. The molecule has 14 heavy (non-hydrogen) atoms. The van der Waals surface area contributed by atoms with Gasteiger partial charge in [-0.05, 0) is 6.42 Å². The first-order valence-corrected chi connectivity index (χ1v) is 4.55. The van der Waals surface area contributed by atoms with Gasteiger partial charge in [-0.3, -0.25) is 4.40 Å². The fourth-order valence-electron chi connectivity index (χ4n) is 1.52. The molecule has 0 radical (unpaired) electrons. The van der Waals surface area contributed by atoms with Crippen LogP contribution in [-0.4, -0.2) is 16.5 Å². The number of nitrogens with zero attached hydrogens (tertiary/aromatic N) is 2. The minimum Gasteiger partial charge on any atom is -0.496 e. The average Bonchev–Trinajstić information content (AvgIpc) is 2.58. The number of anilines is 1. The summed E-state index contributed by atoms with van der Waals surface area (Å²) in [6, 6.07) is 1.90. The number of aryl methyl sites for hydroxylation is 1. The van der Waals surface area contributed by atoms with Crippen LogP contribution in [0.25, 0.3) is 5.65 Å². The van der Waals surface area contributed by atoms with Crippen LogP contribution in [0.1, 0.15) is 12.5 Å². The number of nitrogen functional groups attached to an aromatic ring is 1. The summed E-state index contributed by atoms with van der Waals surface area (Å²) in [6.45, 7) is 2.08. The van der Waals surface area contributed by atoms with E-state index in [4.69, 9.17) is 10.5 Å². The van der Waals surface area contributed by atoms with Crippen molar-refractivity contribution in [2.75, 3.05) is 12.8 Å². The van der Waals surface area contributed by atoms with E-state index in [-0.39, 0.29) is 0 Å². The van der Waals surface area contributed by atoms with Gasteiger partial charge in [0.1, 0.15) is 17.2 Å². The van der Waals surface area contributed by atoms with Crippen LogP contribution < -0.4 is 10.5 Å². The Morgan fingerprint density at radius 2 is 2.36 bits per heavy atom. The van der Waals surface area contributed by atoms with Gasteiger partial charge in [-0.25, -0.2) is 4.98 Å². The summed E-state index contributed by atoms with van der Waals surface area (Å²) in [5, 5.41) is 0. The molecule has 2 N–H and O–H groups in total. The largest absolute Gasteiger partial charge is 0.496 e.